The van der Waals surface area contributed by atoms with Gasteiger partial charge in [-0.05, 0) is 36.2 Å². The normalized spacial score (nSPS) is 23.2. The van der Waals surface area contributed by atoms with Crippen LogP contribution in [0.25, 0.3) is 11.2 Å². The molecular weight excluding hydrogens is 206 g/mol. The van der Waals surface area contributed by atoms with Gasteiger partial charge in [-0.3, -0.25) is 4.57 Å². The fourth-order valence-electron chi connectivity index (χ4n) is 2.13. The average molecular weight is 219 g/mol. The molecule has 1 fully saturated rings. The topological polar surface area (TPSA) is 33.6 Å². The van der Waals surface area contributed by atoms with E-state index in [1.165, 1.54) is 6.42 Å². The maximum absolute atomic E-state index is 5.34. The summed E-state index contributed by atoms with van der Waals surface area (Å²) in [5, 5.41) is 0. The van der Waals surface area contributed by atoms with Crippen molar-refractivity contribution in [3.8, 4) is 0 Å². The van der Waals surface area contributed by atoms with Crippen LogP contribution in [-0.4, -0.2) is 14.5 Å². The van der Waals surface area contributed by atoms with Crippen LogP contribution in [0.5, 0.6) is 0 Å². The van der Waals surface area contributed by atoms with Gasteiger partial charge in [-0.25, -0.2) is 4.98 Å². The Kier molecular flexibility index (Phi) is 1.63. The van der Waals surface area contributed by atoms with Crippen LogP contribution < -0.4 is 0 Å². The van der Waals surface area contributed by atoms with Crippen molar-refractivity contribution in [2.75, 3.05) is 0 Å². The minimum Gasteiger partial charge on any atom is -0.329 e. The summed E-state index contributed by atoms with van der Waals surface area (Å²) in [5.41, 5.74) is 2.38. The maximum atomic E-state index is 5.34. The number of pyridine rings is 1. The van der Waals surface area contributed by atoms with E-state index in [0.29, 0.717) is 11.5 Å². The largest absolute Gasteiger partial charge is 0.329 e. The molecule has 0 radical (unpaired) electrons. The van der Waals surface area contributed by atoms with Gasteiger partial charge in [0, 0.05) is 12.2 Å². The number of fused-ring (bicyclic) bond motifs is 1. The smallest absolute Gasteiger partial charge is 0.179 e. The van der Waals surface area contributed by atoms with Gasteiger partial charge < -0.3 is 4.98 Å². The number of rotatable bonds is 1. The van der Waals surface area contributed by atoms with Gasteiger partial charge in [0.25, 0.3) is 0 Å². The summed E-state index contributed by atoms with van der Waals surface area (Å²) in [6, 6.07) is 4.45. The summed E-state index contributed by atoms with van der Waals surface area (Å²) >= 11 is 5.34. The Bertz CT molecular complexity index is 579. The molecule has 3 rings (SSSR count). The molecule has 0 saturated heterocycles. The zero-order chi connectivity index (χ0) is 10.6. The molecule has 1 aliphatic carbocycles. The zero-order valence-electron chi connectivity index (χ0n) is 8.82. The molecule has 0 amide bonds. The van der Waals surface area contributed by atoms with E-state index in [-0.39, 0.29) is 0 Å². The summed E-state index contributed by atoms with van der Waals surface area (Å²) in [6.45, 7) is 4.53. The summed E-state index contributed by atoms with van der Waals surface area (Å²) in [7, 11) is 0. The number of hydrogen-bond acceptors (Lipinski definition) is 2. The summed E-state index contributed by atoms with van der Waals surface area (Å²) in [5.74, 6) is 0. The molecule has 0 bridgehead atoms. The fraction of sp³-hybridized carbons (Fsp3) is 0.455. The molecule has 2 aromatic heterocycles. The molecular formula is C11H13N3S. The molecule has 0 aliphatic heterocycles. The van der Waals surface area contributed by atoms with Gasteiger partial charge in [-0.2, -0.15) is 0 Å². The fourth-order valence-corrected chi connectivity index (χ4v) is 2.45. The number of nitrogens with zero attached hydrogens (tertiary/aromatic N) is 2. The first-order valence-electron chi connectivity index (χ1n) is 5.15. The predicted octanol–water partition coefficient (Wildman–Crippen LogP) is 3.06. The van der Waals surface area contributed by atoms with Gasteiger partial charge in [-0.15, -0.1) is 0 Å². The van der Waals surface area contributed by atoms with Crippen molar-refractivity contribution >= 4 is 23.4 Å². The van der Waals surface area contributed by atoms with Crippen LogP contribution in [0.3, 0.4) is 0 Å². The average Bonchev–Trinajstić information content (AvgIpc) is 2.68. The molecule has 1 aliphatic rings. The van der Waals surface area contributed by atoms with Crippen LogP contribution in [0.1, 0.15) is 26.3 Å². The lowest BCUT2D eigenvalue weighted by molar-refractivity contribution is 0.544. The first-order valence-corrected chi connectivity index (χ1v) is 5.56. The summed E-state index contributed by atoms with van der Waals surface area (Å²) in [6.07, 6.45) is 3.00. The highest BCUT2D eigenvalue weighted by atomic mass is 32.1. The van der Waals surface area contributed by atoms with Crippen molar-refractivity contribution in [2.45, 2.75) is 26.3 Å². The van der Waals surface area contributed by atoms with Gasteiger partial charge >= 0.3 is 0 Å². The third-order valence-corrected chi connectivity index (χ3v) is 3.55. The van der Waals surface area contributed by atoms with Gasteiger partial charge in [0.15, 0.2) is 10.4 Å². The molecule has 15 heavy (non-hydrogen) atoms. The van der Waals surface area contributed by atoms with Crippen molar-refractivity contribution in [3.05, 3.63) is 23.1 Å². The Morgan fingerprint density at radius 2 is 2.33 bits per heavy atom. The molecule has 78 valence electrons. The van der Waals surface area contributed by atoms with E-state index in [1.807, 2.05) is 18.3 Å². The molecule has 3 nitrogen and oxygen atoms in total. The minimum atomic E-state index is 0.366. The van der Waals surface area contributed by atoms with E-state index in [1.54, 1.807) is 0 Å². The third kappa shape index (κ3) is 1.24. The number of aromatic amines is 1. The van der Waals surface area contributed by atoms with E-state index >= 15 is 0 Å². The van der Waals surface area contributed by atoms with Crippen LogP contribution in [0.4, 0.5) is 0 Å². The van der Waals surface area contributed by atoms with E-state index in [2.05, 4.69) is 28.4 Å². The van der Waals surface area contributed by atoms with Gasteiger partial charge in [0.2, 0.25) is 0 Å². The van der Waals surface area contributed by atoms with E-state index in [0.717, 1.165) is 15.9 Å². The van der Waals surface area contributed by atoms with Gasteiger partial charge in [0.05, 0.1) is 5.52 Å². The van der Waals surface area contributed by atoms with Crippen molar-refractivity contribution in [1.82, 2.24) is 14.5 Å². The number of imidazole rings is 1. The number of nitrogens with one attached hydrogen (secondary N) is 1. The lowest BCUT2D eigenvalue weighted by Crippen LogP contribution is -2.01. The van der Waals surface area contributed by atoms with E-state index in [9.17, 15) is 0 Å². The predicted molar refractivity (Wildman–Crippen MR) is 62.4 cm³/mol. The van der Waals surface area contributed by atoms with Crippen molar-refractivity contribution in [1.29, 1.82) is 0 Å². The second kappa shape index (κ2) is 2.70. The maximum Gasteiger partial charge on any atom is 0.179 e. The number of H-pyrrole nitrogens is 1. The second-order valence-electron chi connectivity index (χ2n) is 4.88. The molecule has 1 saturated carbocycles. The molecule has 2 heterocycles. The van der Waals surface area contributed by atoms with Crippen molar-refractivity contribution in [2.24, 2.45) is 5.41 Å². The van der Waals surface area contributed by atoms with Crippen LogP contribution in [0.2, 0.25) is 0 Å². The molecule has 0 spiro atoms. The van der Waals surface area contributed by atoms with Gasteiger partial charge in [0.1, 0.15) is 0 Å². The standard InChI is InChI=1S/C11H13N3S/c1-11(2)6-8(11)14-9-7(13-10(14)15)4-3-5-12-9/h3-5,8H,6H2,1-2H3,(H,13,15). The lowest BCUT2D eigenvalue weighted by Gasteiger charge is -2.05. The molecule has 2 aromatic rings. The first kappa shape index (κ1) is 9.09. The highest BCUT2D eigenvalue weighted by Gasteiger charge is 2.48. The molecule has 0 aromatic carbocycles. The Morgan fingerprint density at radius 1 is 1.60 bits per heavy atom. The highest BCUT2D eigenvalue weighted by molar-refractivity contribution is 7.71. The zero-order valence-corrected chi connectivity index (χ0v) is 9.64. The SMILES string of the molecule is CC1(C)CC1n1c(=S)[nH]c2cccnc21. The van der Waals surface area contributed by atoms with E-state index in [4.69, 9.17) is 12.2 Å². The second-order valence-corrected chi connectivity index (χ2v) is 5.27. The number of aromatic nitrogens is 3. The van der Waals surface area contributed by atoms with E-state index < -0.39 is 0 Å². The highest BCUT2D eigenvalue weighted by Crippen LogP contribution is 2.56. The van der Waals surface area contributed by atoms with Crippen LogP contribution in [0, 0.1) is 10.2 Å². The van der Waals surface area contributed by atoms with Gasteiger partial charge in [-0.1, -0.05) is 13.8 Å². The molecule has 1 atom stereocenters. The first-order chi connectivity index (χ1) is 7.09. The Hall–Kier alpha value is -1.16. The summed E-state index contributed by atoms with van der Waals surface area (Å²) in [4.78, 5) is 7.60. The third-order valence-electron chi connectivity index (χ3n) is 3.25. The van der Waals surface area contributed by atoms with Crippen LogP contribution in [0.15, 0.2) is 18.3 Å². The lowest BCUT2D eigenvalue weighted by atomic mass is 10.2. The minimum absolute atomic E-state index is 0.366. The van der Waals surface area contributed by atoms with Crippen LogP contribution in [-0.2, 0) is 0 Å². The van der Waals surface area contributed by atoms with Crippen molar-refractivity contribution in [3.63, 3.8) is 0 Å². The molecule has 1 N–H and O–H groups in total. The Balaban J connectivity index is 2.27. The Labute approximate surface area is 93.1 Å². The quantitative estimate of drug-likeness (QED) is 0.748. The molecule has 1 unspecified atom stereocenters. The number of hydrogen-bond donors (Lipinski definition) is 1. The Morgan fingerprint density at radius 3 is 3.00 bits per heavy atom. The summed E-state index contributed by atoms with van der Waals surface area (Å²) < 4.78 is 2.95. The monoisotopic (exact) mass is 219 g/mol. The molecule has 4 heteroatoms. The van der Waals surface area contributed by atoms with Crippen LogP contribution >= 0.6 is 12.2 Å². The van der Waals surface area contributed by atoms with Crippen molar-refractivity contribution < 1.29 is 0 Å².